The maximum Gasteiger partial charge on any atom is 0.226 e. The third kappa shape index (κ3) is 1.53. The van der Waals surface area contributed by atoms with Crippen molar-refractivity contribution in [1.82, 2.24) is 9.97 Å². The smallest absolute Gasteiger partial charge is 0.226 e. The first kappa shape index (κ1) is 8.95. The average Bonchev–Trinajstić information content (AvgIpc) is 2.65. The van der Waals surface area contributed by atoms with Gasteiger partial charge in [-0.3, -0.25) is 0 Å². The lowest BCUT2D eigenvalue weighted by Gasteiger charge is -2.20. The Morgan fingerprint density at radius 1 is 1.64 bits per heavy atom. The van der Waals surface area contributed by atoms with Gasteiger partial charge in [0.05, 0.1) is 0 Å². The molecule has 1 aromatic rings. The molecule has 2 rings (SSSR count). The predicted octanol–water partition coefficient (Wildman–Crippen LogP) is 1.34. The quantitative estimate of drug-likeness (QED) is 0.667. The van der Waals surface area contributed by atoms with Crippen LogP contribution in [0.4, 0.5) is 5.95 Å². The van der Waals surface area contributed by atoms with Crippen molar-refractivity contribution in [2.75, 3.05) is 11.4 Å². The molecule has 14 heavy (non-hydrogen) atoms. The van der Waals surface area contributed by atoms with Crippen LogP contribution in [0.15, 0.2) is 12.3 Å². The molecule has 0 N–H and O–H groups in total. The van der Waals surface area contributed by atoms with Gasteiger partial charge in [-0.1, -0.05) is 0 Å². The highest BCUT2D eigenvalue weighted by Gasteiger charge is 2.22. The molecule has 2 heterocycles. The summed E-state index contributed by atoms with van der Waals surface area (Å²) in [5.74, 6) is 0.689. The molecule has 0 spiro atoms. The third-order valence-electron chi connectivity index (χ3n) is 2.57. The van der Waals surface area contributed by atoms with Gasteiger partial charge in [0.2, 0.25) is 5.95 Å². The number of hydrogen-bond acceptors (Lipinski definition) is 4. The molecule has 0 radical (unpaired) electrons. The molecule has 4 nitrogen and oxygen atoms in total. The van der Waals surface area contributed by atoms with Crippen molar-refractivity contribution in [3.05, 3.63) is 18.0 Å². The van der Waals surface area contributed by atoms with Crippen molar-refractivity contribution in [3.8, 4) is 6.07 Å². The number of rotatable bonds is 1. The van der Waals surface area contributed by atoms with Crippen LogP contribution < -0.4 is 4.90 Å². The first-order chi connectivity index (χ1) is 6.81. The largest absolute Gasteiger partial charge is 0.338 e. The molecule has 4 heteroatoms. The predicted molar refractivity (Wildman–Crippen MR) is 52.8 cm³/mol. The summed E-state index contributed by atoms with van der Waals surface area (Å²) in [6, 6.07) is 4.15. The number of hydrogen-bond donors (Lipinski definition) is 0. The number of nitrogens with zero attached hydrogens (tertiary/aromatic N) is 4. The summed E-state index contributed by atoms with van der Waals surface area (Å²) in [5, 5.41) is 8.71. The van der Waals surface area contributed by atoms with Crippen molar-refractivity contribution < 1.29 is 0 Å². The number of nitriles is 1. The lowest BCUT2D eigenvalue weighted by molar-refractivity contribution is 0.716. The van der Waals surface area contributed by atoms with E-state index in [0.717, 1.165) is 6.54 Å². The summed E-state index contributed by atoms with van der Waals surface area (Å²) in [4.78, 5) is 10.5. The molecule has 1 fully saturated rings. The Balaban J connectivity index is 2.28. The molecule has 0 amide bonds. The van der Waals surface area contributed by atoms with Crippen LogP contribution >= 0.6 is 0 Å². The van der Waals surface area contributed by atoms with Gasteiger partial charge in [-0.15, -0.1) is 0 Å². The molecule has 0 aromatic carbocycles. The first-order valence-corrected chi connectivity index (χ1v) is 4.81. The number of anilines is 1. The Morgan fingerprint density at radius 3 is 3.14 bits per heavy atom. The van der Waals surface area contributed by atoms with Gasteiger partial charge in [0, 0.05) is 18.8 Å². The molecule has 1 aromatic heterocycles. The molecule has 1 aliphatic heterocycles. The first-order valence-electron chi connectivity index (χ1n) is 4.81. The summed E-state index contributed by atoms with van der Waals surface area (Å²) >= 11 is 0. The van der Waals surface area contributed by atoms with Gasteiger partial charge in [-0.05, 0) is 25.8 Å². The minimum atomic E-state index is 0.439. The normalized spacial score (nSPS) is 20.9. The van der Waals surface area contributed by atoms with Gasteiger partial charge in [0.15, 0.2) is 0 Å². The van der Waals surface area contributed by atoms with E-state index in [0.29, 0.717) is 17.7 Å². The fourth-order valence-electron chi connectivity index (χ4n) is 1.78. The molecule has 1 unspecified atom stereocenters. The van der Waals surface area contributed by atoms with Gasteiger partial charge in [0.25, 0.3) is 0 Å². The van der Waals surface area contributed by atoms with E-state index in [1.807, 2.05) is 6.07 Å². The summed E-state index contributed by atoms with van der Waals surface area (Å²) in [6.07, 6.45) is 4.01. The van der Waals surface area contributed by atoms with Gasteiger partial charge in [-0.2, -0.15) is 5.26 Å². The van der Waals surface area contributed by atoms with Crippen LogP contribution in [0.3, 0.4) is 0 Å². The second-order valence-electron chi connectivity index (χ2n) is 3.54. The van der Waals surface area contributed by atoms with Crippen molar-refractivity contribution in [3.63, 3.8) is 0 Å². The Kier molecular flexibility index (Phi) is 2.32. The molecule has 0 bridgehead atoms. The van der Waals surface area contributed by atoms with Gasteiger partial charge in [0.1, 0.15) is 11.8 Å². The summed E-state index contributed by atoms with van der Waals surface area (Å²) < 4.78 is 0. The van der Waals surface area contributed by atoms with E-state index in [1.165, 1.54) is 12.8 Å². The van der Waals surface area contributed by atoms with Crippen molar-refractivity contribution in [2.24, 2.45) is 0 Å². The zero-order valence-corrected chi connectivity index (χ0v) is 8.14. The lowest BCUT2D eigenvalue weighted by atomic mass is 10.2. The van der Waals surface area contributed by atoms with Crippen molar-refractivity contribution in [1.29, 1.82) is 5.26 Å². The summed E-state index contributed by atoms with van der Waals surface area (Å²) in [6.45, 7) is 3.16. The van der Waals surface area contributed by atoms with Crippen LogP contribution in [0.5, 0.6) is 0 Å². The van der Waals surface area contributed by atoms with Crippen molar-refractivity contribution in [2.45, 2.75) is 25.8 Å². The van der Waals surface area contributed by atoms with E-state index >= 15 is 0 Å². The van der Waals surface area contributed by atoms with Crippen LogP contribution in [-0.2, 0) is 0 Å². The highest BCUT2D eigenvalue weighted by Crippen LogP contribution is 2.21. The minimum Gasteiger partial charge on any atom is -0.338 e. The molecule has 0 aliphatic carbocycles. The molecule has 72 valence electrons. The molecular formula is C10H12N4. The maximum absolute atomic E-state index is 8.71. The molecule has 1 saturated heterocycles. The molecule has 1 atom stereocenters. The zero-order valence-electron chi connectivity index (χ0n) is 8.14. The fraction of sp³-hybridized carbons (Fsp3) is 0.500. The van der Waals surface area contributed by atoms with E-state index in [9.17, 15) is 0 Å². The fourth-order valence-corrected chi connectivity index (χ4v) is 1.78. The molecule has 0 saturated carbocycles. The van der Waals surface area contributed by atoms with Gasteiger partial charge in [-0.25, -0.2) is 9.97 Å². The zero-order chi connectivity index (χ0) is 9.97. The van der Waals surface area contributed by atoms with Crippen molar-refractivity contribution >= 4 is 5.95 Å². The Bertz CT molecular complexity index is 369. The standard InChI is InChI=1S/C10H12N4/c1-8-3-2-6-14(8)10-12-5-4-9(7-11)13-10/h4-5,8H,2-3,6H2,1H3. The van der Waals surface area contributed by atoms with E-state index < -0.39 is 0 Å². The number of aromatic nitrogens is 2. The summed E-state index contributed by atoms with van der Waals surface area (Å²) in [7, 11) is 0. The molecular weight excluding hydrogens is 176 g/mol. The maximum atomic E-state index is 8.71. The topological polar surface area (TPSA) is 52.8 Å². The third-order valence-corrected chi connectivity index (χ3v) is 2.57. The summed E-state index contributed by atoms with van der Waals surface area (Å²) in [5.41, 5.74) is 0.439. The van der Waals surface area contributed by atoms with E-state index in [-0.39, 0.29) is 0 Å². The lowest BCUT2D eigenvalue weighted by Crippen LogP contribution is -2.28. The Labute approximate surface area is 83.2 Å². The van der Waals surface area contributed by atoms with E-state index in [2.05, 4.69) is 21.8 Å². The van der Waals surface area contributed by atoms with Crippen LogP contribution in [0.25, 0.3) is 0 Å². The Hall–Kier alpha value is -1.63. The second-order valence-corrected chi connectivity index (χ2v) is 3.54. The van der Waals surface area contributed by atoms with Crippen LogP contribution in [-0.4, -0.2) is 22.6 Å². The minimum absolute atomic E-state index is 0.439. The monoisotopic (exact) mass is 188 g/mol. The Morgan fingerprint density at radius 2 is 2.50 bits per heavy atom. The van der Waals surface area contributed by atoms with Crippen LogP contribution in [0.1, 0.15) is 25.5 Å². The van der Waals surface area contributed by atoms with Gasteiger partial charge < -0.3 is 4.90 Å². The second kappa shape index (κ2) is 3.62. The van der Waals surface area contributed by atoms with Crippen LogP contribution in [0, 0.1) is 11.3 Å². The highest BCUT2D eigenvalue weighted by molar-refractivity contribution is 5.35. The average molecular weight is 188 g/mol. The SMILES string of the molecule is CC1CCCN1c1nccc(C#N)n1. The molecule has 1 aliphatic rings. The van der Waals surface area contributed by atoms with Crippen LogP contribution in [0.2, 0.25) is 0 Å². The van der Waals surface area contributed by atoms with E-state index in [4.69, 9.17) is 5.26 Å². The van der Waals surface area contributed by atoms with E-state index in [1.54, 1.807) is 12.3 Å². The van der Waals surface area contributed by atoms with Gasteiger partial charge >= 0.3 is 0 Å². The highest BCUT2D eigenvalue weighted by atomic mass is 15.3.